The van der Waals surface area contributed by atoms with Crippen LogP contribution in [0.4, 0.5) is 0 Å². The Balaban J connectivity index is 1.42. The van der Waals surface area contributed by atoms with Gasteiger partial charge in [-0.15, -0.1) is 0 Å². The lowest BCUT2D eigenvalue weighted by molar-refractivity contribution is -0.214. The molecule has 1 aromatic rings. The Morgan fingerprint density at radius 2 is 2.14 bits per heavy atom. The van der Waals surface area contributed by atoms with Gasteiger partial charge in [0.25, 0.3) is 0 Å². The quantitative estimate of drug-likeness (QED) is 0.781. The number of ether oxygens (including phenoxy) is 1. The molecule has 1 heterocycles. The number of carbonyl (C=O) groups excluding carboxylic acids is 1. The second kappa shape index (κ2) is 5.78. The summed E-state index contributed by atoms with van der Waals surface area (Å²) in [6, 6.07) is 10.2. The van der Waals surface area contributed by atoms with Crippen molar-refractivity contribution in [3.8, 4) is 0 Å². The molecule has 2 bridgehead atoms. The van der Waals surface area contributed by atoms with Crippen molar-refractivity contribution in [1.29, 1.82) is 0 Å². The Kier molecular flexibility index (Phi) is 4.00. The smallest absolute Gasteiger partial charge is 0.307 e. The number of rotatable bonds is 5. The number of hydrogen-bond donors (Lipinski definition) is 0. The maximum absolute atomic E-state index is 11.8. The summed E-state index contributed by atoms with van der Waals surface area (Å²) in [6.45, 7) is 5.53. The van der Waals surface area contributed by atoms with E-state index in [1.807, 2.05) is 35.4 Å². The lowest BCUT2D eigenvalue weighted by Crippen LogP contribution is -2.43. The van der Waals surface area contributed by atoms with Gasteiger partial charge in [0, 0.05) is 12.6 Å². The van der Waals surface area contributed by atoms with E-state index in [0.29, 0.717) is 31.7 Å². The normalized spacial score (nSPS) is 27.0. The van der Waals surface area contributed by atoms with Gasteiger partial charge >= 0.3 is 5.97 Å². The van der Waals surface area contributed by atoms with E-state index in [1.54, 1.807) is 0 Å². The molecule has 0 amide bonds. The molecule has 3 rings (SSSR count). The third kappa shape index (κ3) is 3.27. The van der Waals surface area contributed by atoms with Gasteiger partial charge in [-0.2, -0.15) is 5.06 Å². The largest absolute Gasteiger partial charge is 0.461 e. The van der Waals surface area contributed by atoms with Crippen molar-refractivity contribution in [3.63, 3.8) is 0 Å². The van der Waals surface area contributed by atoms with Gasteiger partial charge in [0.05, 0.1) is 12.5 Å². The zero-order valence-corrected chi connectivity index (χ0v) is 12.7. The van der Waals surface area contributed by atoms with Crippen molar-refractivity contribution in [1.82, 2.24) is 5.06 Å². The Morgan fingerprint density at radius 3 is 2.81 bits per heavy atom. The summed E-state index contributed by atoms with van der Waals surface area (Å²) in [7, 11) is 0. The Labute approximate surface area is 126 Å². The highest BCUT2D eigenvalue weighted by molar-refractivity contribution is 5.69. The highest BCUT2D eigenvalue weighted by Crippen LogP contribution is 2.47. The summed E-state index contributed by atoms with van der Waals surface area (Å²) in [6.07, 6.45) is 2.93. The Morgan fingerprint density at radius 1 is 1.38 bits per heavy atom. The van der Waals surface area contributed by atoms with Crippen LogP contribution in [-0.2, 0) is 21.0 Å². The van der Waals surface area contributed by atoms with E-state index < -0.39 is 0 Å². The second-order valence-electron chi connectivity index (χ2n) is 6.71. The number of fused-ring (bicyclic) bond motifs is 2. The molecule has 1 aliphatic carbocycles. The molecule has 2 atom stereocenters. The average molecular weight is 289 g/mol. The van der Waals surface area contributed by atoms with Crippen molar-refractivity contribution >= 4 is 5.97 Å². The molecule has 2 aliphatic rings. The van der Waals surface area contributed by atoms with Gasteiger partial charge in [-0.25, -0.2) is 0 Å². The first-order valence-electron chi connectivity index (χ1n) is 7.67. The first kappa shape index (κ1) is 14.5. The molecule has 0 aromatic heterocycles. The van der Waals surface area contributed by atoms with Crippen LogP contribution in [-0.4, -0.2) is 29.7 Å². The summed E-state index contributed by atoms with van der Waals surface area (Å²) >= 11 is 0. The molecule has 0 radical (unpaired) electrons. The van der Waals surface area contributed by atoms with Crippen LogP contribution in [0.15, 0.2) is 30.3 Å². The molecule has 114 valence electrons. The van der Waals surface area contributed by atoms with Gasteiger partial charge in [-0.05, 0) is 23.8 Å². The van der Waals surface area contributed by atoms with Crippen molar-refractivity contribution in [2.45, 2.75) is 51.9 Å². The monoisotopic (exact) mass is 289 g/mol. The third-order valence-electron chi connectivity index (χ3n) is 4.55. The summed E-state index contributed by atoms with van der Waals surface area (Å²) in [4.78, 5) is 17.7. The van der Waals surface area contributed by atoms with Crippen LogP contribution < -0.4 is 0 Å². The SMILES string of the molecule is CC1(C)CC2CC1N(CCC(=O)OCc1ccccc1)O2. The molecule has 2 unspecified atom stereocenters. The van der Waals surface area contributed by atoms with E-state index in [2.05, 4.69) is 13.8 Å². The molecule has 0 spiro atoms. The fourth-order valence-corrected chi connectivity index (χ4v) is 3.45. The maximum Gasteiger partial charge on any atom is 0.307 e. The van der Waals surface area contributed by atoms with Gasteiger partial charge in [0.15, 0.2) is 0 Å². The number of nitrogens with zero attached hydrogens (tertiary/aromatic N) is 1. The van der Waals surface area contributed by atoms with Crippen LogP contribution in [0.3, 0.4) is 0 Å². The predicted octanol–water partition coefficient (Wildman–Crippen LogP) is 2.92. The van der Waals surface area contributed by atoms with E-state index in [1.165, 1.54) is 0 Å². The molecule has 21 heavy (non-hydrogen) atoms. The third-order valence-corrected chi connectivity index (χ3v) is 4.55. The van der Waals surface area contributed by atoms with Crippen LogP contribution in [0.5, 0.6) is 0 Å². The average Bonchev–Trinajstić information content (AvgIpc) is 2.99. The number of hydrogen-bond acceptors (Lipinski definition) is 4. The van der Waals surface area contributed by atoms with Crippen molar-refractivity contribution in [2.24, 2.45) is 5.41 Å². The predicted molar refractivity (Wildman–Crippen MR) is 79.2 cm³/mol. The topological polar surface area (TPSA) is 38.8 Å². The van der Waals surface area contributed by atoms with Crippen LogP contribution in [0.1, 0.15) is 38.7 Å². The zero-order chi connectivity index (χ0) is 14.9. The second-order valence-corrected chi connectivity index (χ2v) is 6.71. The summed E-state index contributed by atoms with van der Waals surface area (Å²) in [5.41, 5.74) is 1.31. The molecule has 0 N–H and O–H groups in total. The van der Waals surface area contributed by atoms with E-state index in [-0.39, 0.29) is 11.4 Å². The molecule has 4 heteroatoms. The van der Waals surface area contributed by atoms with E-state index in [9.17, 15) is 4.79 Å². The highest BCUT2D eigenvalue weighted by atomic mass is 16.7. The van der Waals surface area contributed by atoms with E-state index in [0.717, 1.165) is 18.4 Å². The zero-order valence-electron chi connectivity index (χ0n) is 12.7. The van der Waals surface area contributed by atoms with Gasteiger partial charge in [-0.1, -0.05) is 44.2 Å². The van der Waals surface area contributed by atoms with Crippen molar-refractivity contribution in [2.75, 3.05) is 6.54 Å². The molecular formula is C17H23NO3. The van der Waals surface area contributed by atoms with Crippen molar-refractivity contribution in [3.05, 3.63) is 35.9 Å². The fraction of sp³-hybridized carbons (Fsp3) is 0.588. The summed E-state index contributed by atoms with van der Waals surface area (Å²) in [5, 5.41) is 2.00. The number of carbonyl (C=O) groups is 1. The number of benzene rings is 1. The minimum atomic E-state index is -0.164. The first-order valence-corrected chi connectivity index (χ1v) is 7.67. The molecule has 4 nitrogen and oxygen atoms in total. The number of hydroxylamine groups is 2. The van der Waals surface area contributed by atoms with Gasteiger partial charge in [0.2, 0.25) is 0 Å². The molecule has 1 aromatic carbocycles. The Hall–Kier alpha value is -1.39. The minimum absolute atomic E-state index is 0.164. The minimum Gasteiger partial charge on any atom is -0.461 e. The lowest BCUT2D eigenvalue weighted by atomic mass is 9.86. The van der Waals surface area contributed by atoms with E-state index >= 15 is 0 Å². The first-order chi connectivity index (χ1) is 10.0. The lowest BCUT2D eigenvalue weighted by Gasteiger charge is -2.37. The van der Waals surface area contributed by atoms with Crippen LogP contribution in [0.25, 0.3) is 0 Å². The fourth-order valence-electron chi connectivity index (χ4n) is 3.45. The molecule has 1 saturated carbocycles. The molecular weight excluding hydrogens is 266 g/mol. The van der Waals surface area contributed by atoms with E-state index in [4.69, 9.17) is 9.57 Å². The van der Waals surface area contributed by atoms with Crippen LogP contribution >= 0.6 is 0 Å². The van der Waals surface area contributed by atoms with Crippen LogP contribution in [0, 0.1) is 5.41 Å². The van der Waals surface area contributed by atoms with Crippen molar-refractivity contribution < 1.29 is 14.4 Å². The molecule has 2 fully saturated rings. The number of esters is 1. The Bertz CT molecular complexity index is 500. The van der Waals surface area contributed by atoms with Gasteiger partial charge in [0.1, 0.15) is 6.61 Å². The highest BCUT2D eigenvalue weighted by Gasteiger charge is 2.50. The summed E-state index contributed by atoms with van der Waals surface area (Å²) in [5.74, 6) is -0.164. The van der Waals surface area contributed by atoms with Gasteiger partial charge < -0.3 is 4.74 Å². The summed E-state index contributed by atoms with van der Waals surface area (Å²) < 4.78 is 5.30. The standard InChI is InChI=1S/C17H23NO3/c1-17(2)11-14-10-15(17)18(21-14)9-8-16(19)20-12-13-6-4-3-5-7-13/h3-7,14-15H,8-12H2,1-2H3. The van der Waals surface area contributed by atoms with Crippen LogP contribution in [0.2, 0.25) is 0 Å². The van der Waals surface area contributed by atoms with Gasteiger partial charge in [-0.3, -0.25) is 9.63 Å². The maximum atomic E-state index is 11.8. The molecule has 1 saturated heterocycles. The molecule has 1 aliphatic heterocycles.